The highest BCUT2D eigenvalue weighted by molar-refractivity contribution is 5.85. The summed E-state index contributed by atoms with van der Waals surface area (Å²) >= 11 is 0. The van der Waals surface area contributed by atoms with Crippen molar-refractivity contribution < 1.29 is 9.18 Å². The molecule has 0 N–H and O–H groups in total. The van der Waals surface area contributed by atoms with Gasteiger partial charge in [-0.05, 0) is 29.2 Å². The Morgan fingerprint density at radius 1 is 1.38 bits per heavy atom. The van der Waals surface area contributed by atoms with Crippen LogP contribution in [-0.2, 0) is 16.6 Å². The monoisotopic (exact) mass is 220 g/mol. The number of carbonyl (C=O) groups is 1. The Morgan fingerprint density at radius 3 is 2.69 bits per heavy atom. The second kappa shape index (κ2) is 3.69. The Kier molecular flexibility index (Phi) is 2.61. The van der Waals surface area contributed by atoms with Crippen LogP contribution in [0.3, 0.4) is 0 Å². The third-order valence-corrected chi connectivity index (χ3v) is 3.91. The van der Waals surface area contributed by atoms with E-state index in [2.05, 4.69) is 20.8 Å². The molecule has 0 heterocycles. The van der Waals surface area contributed by atoms with Crippen LogP contribution in [0.2, 0.25) is 0 Å². The van der Waals surface area contributed by atoms with Gasteiger partial charge in [-0.3, -0.25) is 4.79 Å². The highest BCUT2D eigenvalue weighted by Crippen LogP contribution is 2.41. The lowest BCUT2D eigenvalue weighted by Crippen LogP contribution is -2.37. The number of fused-ring (bicyclic) bond motifs is 1. The molecule has 86 valence electrons. The van der Waals surface area contributed by atoms with Crippen molar-refractivity contribution in [1.29, 1.82) is 0 Å². The van der Waals surface area contributed by atoms with E-state index >= 15 is 0 Å². The normalized spacial score (nSPS) is 24.7. The third-order valence-electron chi connectivity index (χ3n) is 3.91. The van der Waals surface area contributed by atoms with Gasteiger partial charge in [0, 0.05) is 18.3 Å². The van der Waals surface area contributed by atoms with Crippen LogP contribution in [0, 0.1) is 11.7 Å². The molecule has 2 rings (SSSR count). The van der Waals surface area contributed by atoms with Crippen molar-refractivity contribution >= 4 is 5.78 Å². The summed E-state index contributed by atoms with van der Waals surface area (Å²) in [6.45, 7) is 6.24. The van der Waals surface area contributed by atoms with Gasteiger partial charge in [-0.15, -0.1) is 0 Å². The summed E-state index contributed by atoms with van der Waals surface area (Å²) < 4.78 is 13.3. The first-order chi connectivity index (χ1) is 7.43. The van der Waals surface area contributed by atoms with E-state index in [-0.39, 0.29) is 17.0 Å². The molecule has 1 aliphatic carbocycles. The van der Waals surface area contributed by atoms with Gasteiger partial charge in [0.2, 0.25) is 0 Å². The predicted octanol–water partition coefficient (Wildman–Crippen LogP) is 3.25. The molecule has 1 aromatic rings. The van der Waals surface area contributed by atoms with Crippen molar-refractivity contribution in [3.63, 3.8) is 0 Å². The molecule has 0 radical (unpaired) electrons. The van der Waals surface area contributed by atoms with Gasteiger partial charge in [0.15, 0.2) is 0 Å². The van der Waals surface area contributed by atoms with Crippen LogP contribution in [-0.4, -0.2) is 5.78 Å². The smallest absolute Gasteiger partial charge is 0.138 e. The van der Waals surface area contributed by atoms with E-state index in [1.807, 2.05) is 0 Å². The first kappa shape index (κ1) is 11.3. The van der Waals surface area contributed by atoms with E-state index in [4.69, 9.17) is 0 Å². The summed E-state index contributed by atoms with van der Waals surface area (Å²) in [5, 5.41) is 0. The van der Waals surface area contributed by atoms with Gasteiger partial charge in [-0.1, -0.05) is 26.8 Å². The molecule has 1 atom stereocenters. The zero-order valence-corrected chi connectivity index (χ0v) is 10.0. The van der Waals surface area contributed by atoms with E-state index < -0.39 is 0 Å². The zero-order valence-electron chi connectivity index (χ0n) is 10.0. The summed E-state index contributed by atoms with van der Waals surface area (Å²) in [5.74, 6) is 0.382. The molecule has 0 saturated carbocycles. The number of ketones is 1. The Hall–Kier alpha value is -1.18. The fourth-order valence-corrected chi connectivity index (χ4v) is 2.53. The molecule has 0 aliphatic heterocycles. The molecule has 1 aliphatic rings. The molecule has 0 saturated heterocycles. The van der Waals surface area contributed by atoms with E-state index in [0.717, 1.165) is 11.1 Å². The molecule has 0 aromatic heterocycles. The van der Waals surface area contributed by atoms with Gasteiger partial charge >= 0.3 is 0 Å². The van der Waals surface area contributed by atoms with Crippen LogP contribution in [0.25, 0.3) is 0 Å². The van der Waals surface area contributed by atoms with Crippen molar-refractivity contribution in [2.24, 2.45) is 5.92 Å². The lowest BCUT2D eigenvalue weighted by atomic mass is 9.65. The summed E-state index contributed by atoms with van der Waals surface area (Å²) in [6.07, 6.45) is 0.985. The highest BCUT2D eigenvalue weighted by Gasteiger charge is 2.38. The maximum absolute atomic E-state index is 13.3. The minimum atomic E-state index is -0.216. The van der Waals surface area contributed by atoms with Crippen LogP contribution in [0.4, 0.5) is 4.39 Å². The van der Waals surface area contributed by atoms with Gasteiger partial charge in [-0.25, -0.2) is 4.39 Å². The maximum atomic E-state index is 13.3. The van der Waals surface area contributed by atoms with Crippen LogP contribution in [0.1, 0.15) is 38.3 Å². The Labute approximate surface area is 95.7 Å². The van der Waals surface area contributed by atoms with Crippen LogP contribution < -0.4 is 0 Å². The second-order valence-corrected chi connectivity index (χ2v) is 5.27. The van der Waals surface area contributed by atoms with Gasteiger partial charge in [-0.2, -0.15) is 0 Å². The number of hydrogen-bond acceptors (Lipinski definition) is 1. The second-order valence-electron chi connectivity index (χ2n) is 5.27. The number of halogens is 1. The summed E-state index contributed by atoms with van der Waals surface area (Å²) in [7, 11) is 0. The van der Waals surface area contributed by atoms with E-state index in [1.54, 1.807) is 12.1 Å². The van der Waals surface area contributed by atoms with Crippen molar-refractivity contribution in [2.45, 2.75) is 39.0 Å². The first-order valence-electron chi connectivity index (χ1n) is 5.74. The molecule has 1 aromatic carbocycles. The van der Waals surface area contributed by atoms with Gasteiger partial charge in [0.1, 0.15) is 11.6 Å². The molecular weight excluding hydrogens is 203 g/mol. The number of rotatable bonds is 1. The molecule has 16 heavy (non-hydrogen) atoms. The Morgan fingerprint density at radius 2 is 2.06 bits per heavy atom. The quantitative estimate of drug-likeness (QED) is 0.710. The average molecular weight is 220 g/mol. The number of carbonyl (C=O) groups excluding carboxylic acids is 1. The SMILES string of the molecule is CC(C)C1(C)CC(=O)Cc2ccc(F)cc21. The highest BCUT2D eigenvalue weighted by atomic mass is 19.1. The van der Waals surface area contributed by atoms with E-state index in [0.29, 0.717) is 18.8 Å². The molecule has 0 spiro atoms. The molecule has 0 amide bonds. The minimum Gasteiger partial charge on any atom is -0.299 e. The molecular formula is C14H17FO. The number of hydrogen-bond donors (Lipinski definition) is 0. The standard InChI is InChI=1S/C14H17FO/c1-9(2)14(3)8-12(16)6-10-4-5-11(15)7-13(10)14/h4-5,7,9H,6,8H2,1-3H3. The molecule has 2 heteroatoms. The lowest BCUT2D eigenvalue weighted by molar-refractivity contribution is -0.120. The third kappa shape index (κ3) is 1.66. The summed E-state index contributed by atoms with van der Waals surface area (Å²) in [4.78, 5) is 11.7. The molecule has 1 unspecified atom stereocenters. The largest absolute Gasteiger partial charge is 0.299 e. The van der Waals surface area contributed by atoms with Crippen LogP contribution in [0.5, 0.6) is 0 Å². The lowest BCUT2D eigenvalue weighted by Gasteiger charge is -2.38. The molecule has 0 fully saturated rings. The predicted molar refractivity (Wildman–Crippen MR) is 61.9 cm³/mol. The average Bonchev–Trinajstić information content (AvgIpc) is 2.19. The van der Waals surface area contributed by atoms with Crippen molar-refractivity contribution in [3.8, 4) is 0 Å². The van der Waals surface area contributed by atoms with Crippen molar-refractivity contribution in [3.05, 3.63) is 35.1 Å². The Bertz CT molecular complexity index is 436. The first-order valence-corrected chi connectivity index (χ1v) is 5.74. The molecule has 1 nitrogen and oxygen atoms in total. The fraction of sp³-hybridized carbons (Fsp3) is 0.500. The Balaban J connectivity index is 2.60. The number of benzene rings is 1. The fourth-order valence-electron chi connectivity index (χ4n) is 2.53. The van der Waals surface area contributed by atoms with Crippen molar-refractivity contribution in [2.75, 3.05) is 0 Å². The van der Waals surface area contributed by atoms with E-state index in [1.165, 1.54) is 6.07 Å². The topological polar surface area (TPSA) is 17.1 Å². The summed E-state index contributed by atoms with van der Waals surface area (Å²) in [6, 6.07) is 4.79. The van der Waals surface area contributed by atoms with Gasteiger partial charge < -0.3 is 0 Å². The minimum absolute atomic E-state index is 0.208. The van der Waals surface area contributed by atoms with Crippen LogP contribution in [0.15, 0.2) is 18.2 Å². The van der Waals surface area contributed by atoms with Gasteiger partial charge in [0.25, 0.3) is 0 Å². The van der Waals surface area contributed by atoms with Gasteiger partial charge in [0.05, 0.1) is 0 Å². The van der Waals surface area contributed by atoms with E-state index in [9.17, 15) is 9.18 Å². The summed E-state index contributed by atoms with van der Waals surface area (Å²) in [5.41, 5.74) is 1.79. The number of Topliss-reactive ketones (excluding diaryl/α,β-unsaturated/α-hetero) is 1. The zero-order chi connectivity index (χ0) is 11.9. The molecule has 0 bridgehead atoms. The van der Waals surface area contributed by atoms with Crippen molar-refractivity contribution in [1.82, 2.24) is 0 Å². The maximum Gasteiger partial charge on any atom is 0.138 e. The van der Waals surface area contributed by atoms with Crippen LogP contribution >= 0.6 is 0 Å².